The van der Waals surface area contributed by atoms with Crippen molar-refractivity contribution in [1.29, 1.82) is 0 Å². The summed E-state index contributed by atoms with van der Waals surface area (Å²) in [6, 6.07) is 14.5. The summed E-state index contributed by atoms with van der Waals surface area (Å²) in [5, 5.41) is 2.84. The molecule has 1 N–H and O–H groups in total. The van der Waals surface area contributed by atoms with Crippen molar-refractivity contribution in [3.8, 4) is 39.7 Å². The number of hydrogen-bond donors (Lipinski definition) is 1. The number of hydrogen-bond acceptors (Lipinski definition) is 7. The van der Waals surface area contributed by atoms with Crippen LogP contribution in [0.3, 0.4) is 0 Å². The number of benzene rings is 4. The minimum atomic E-state index is -4.10. The van der Waals surface area contributed by atoms with E-state index in [0.29, 0.717) is 17.2 Å². The second kappa shape index (κ2) is 12.3. The maximum Gasteiger partial charge on any atom is 0.255 e. The van der Waals surface area contributed by atoms with Crippen molar-refractivity contribution in [1.82, 2.24) is 10.3 Å². The number of anilines is 1. The van der Waals surface area contributed by atoms with E-state index in [1.54, 1.807) is 6.07 Å². The molecule has 1 atom stereocenters. The first-order valence-corrected chi connectivity index (χ1v) is 16.3. The number of methoxy groups -OCH3 is 1. The molecule has 0 saturated carbocycles. The van der Waals surface area contributed by atoms with E-state index in [-0.39, 0.29) is 61.8 Å². The third kappa shape index (κ3) is 5.94. The van der Waals surface area contributed by atoms with Gasteiger partial charge in [-0.3, -0.25) is 9.10 Å². The van der Waals surface area contributed by atoms with Crippen molar-refractivity contribution in [2.75, 3.05) is 31.3 Å². The molecule has 0 aliphatic rings. The predicted octanol–water partition coefficient (Wildman–Crippen LogP) is 7.48. The minimum absolute atomic E-state index is 0.0131. The number of nitrogens with one attached hydrogen (secondary N) is 1. The van der Waals surface area contributed by atoms with Crippen LogP contribution in [0.25, 0.3) is 56.0 Å². The topological polar surface area (TPSA) is 115 Å². The molecule has 2 heterocycles. The van der Waals surface area contributed by atoms with E-state index in [0.717, 1.165) is 16.6 Å². The summed E-state index contributed by atoms with van der Waals surface area (Å²) in [6.45, 7) is 0.657. The summed E-state index contributed by atoms with van der Waals surface area (Å²) in [6.07, 6.45) is -0.658. The lowest BCUT2D eigenvalue weighted by Crippen LogP contribution is -2.35. The fourth-order valence-electron chi connectivity index (χ4n) is 5.48. The molecule has 4 aromatic carbocycles. The van der Waals surface area contributed by atoms with Gasteiger partial charge in [0.15, 0.2) is 11.4 Å². The average Bonchev–Trinajstić information content (AvgIpc) is 3.64. The SMILES string of the molecule is CNC(=O)c1c(-c2ccc(F)cc2)oc2cc(N(CC(C)F)S(C)(=O)=O)c(-c3ccc(OC)c(-c4nc5c(F)cc(F)cc5o4)c3)cc12. The Balaban J connectivity index is 1.66. The lowest BCUT2D eigenvalue weighted by molar-refractivity contribution is 0.0964. The number of halogens is 4. The van der Waals surface area contributed by atoms with E-state index < -0.39 is 46.1 Å². The number of nitrogens with zero attached hydrogens (tertiary/aromatic N) is 2. The Hall–Kier alpha value is -5.37. The van der Waals surface area contributed by atoms with Crippen molar-refractivity contribution in [2.45, 2.75) is 13.1 Å². The highest BCUT2D eigenvalue weighted by atomic mass is 32.2. The van der Waals surface area contributed by atoms with Gasteiger partial charge in [-0.15, -0.1) is 0 Å². The minimum Gasteiger partial charge on any atom is -0.496 e. The van der Waals surface area contributed by atoms with E-state index in [1.165, 1.54) is 69.6 Å². The number of carbonyl (C=O) groups is 1. The van der Waals surface area contributed by atoms with Crippen LogP contribution in [0.4, 0.5) is 23.2 Å². The van der Waals surface area contributed by atoms with Gasteiger partial charge in [-0.05, 0) is 55.0 Å². The highest BCUT2D eigenvalue weighted by molar-refractivity contribution is 7.92. The summed E-state index contributed by atoms with van der Waals surface area (Å²) >= 11 is 0. The molecule has 6 rings (SSSR count). The zero-order valence-corrected chi connectivity index (χ0v) is 26.7. The highest BCUT2D eigenvalue weighted by Crippen LogP contribution is 2.44. The van der Waals surface area contributed by atoms with Gasteiger partial charge in [0.1, 0.15) is 40.4 Å². The first-order valence-electron chi connectivity index (χ1n) is 14.4. The van der Waals surface area contributed by atoms with Crippen molar-refractivity contribution in [2.24, 2.45) is 0 Å². The van der Waals surface area contributed by atoms with Gasteiger partial charge in [-0.1, -0.05) is 6.07 Å². The van der Waals surface area contributed by atoms with E-state index in [1.807, 2.05) is 0 Å². The van der Waals surface area contributed by atoms with Crippen molar-refractivity contribution >= 4 is 43.7 Å². The van der Waals surface area contributed by atoms with Gasteiger partial charge >= 0.3 is 0 Å². The number of oxazole rings is 1. The molecule has 0 fully saturated rings. The lowest BCUT2D eigenvalue weighted by atomic mass is 9.96. The maximum absolute atomic E-state index is 14.5. The van der Waals surface area contributed by atoms with Crippen LogP contribution >= 0.6 is 0 Å². The van der Waals surface area contributed by atoms with Crippen LogP contribution in [0.2, 0.25) is 0 Å². The average molecular weight is 682 g/mol. The zero-order valence-electron chi connectivity index (χ0n) is 25.9. The number of furan rings is 1. The molecular formula is C34H27F4N3O6S. The highest BCUT2D eigenvalue weighted by Gasteiger charge is 2.29. The summed E-state index contributed by atoms with van der Waals surface area (Å²) in [5.41, 5.74) is 0.956. The van der Waals surface area contributed by atoms with Crippen LogP contribution in [-0.2, 0) is 10.0 Å². The first kappa shape index (κ1) is 32.6. The molecule has 0 saturated heterocycles. The van der Waals surface area contributed by atoms with Gasteiger partial charge in [0.25, 0.3) is 5.91 Å². The summed E-state index contributed by atoms with van der Waals surface area (Å²) < 4.78 is 101. The number of carbonyl (C=O) groups excluding carboxylic acids is 1. The number of ether oxygens (including phenoxy) is 1. The zero-order chi connectivity index (χ0) is 34.5. The summed E-state index contributed by atoms with van der Waals surface area (Å²) in [5.74, 6) is -2.65. The fraction of sp³-hybridized carbons (Fsp3) is 0.176. The number of alkyl halides is 1. The van der Waals surface area contributed by atoms with Gasteiger partial charge in [-0.25, -0.2) is 31.0 Å². The lowest BCUT2D eigenvalue weighted by Gasteiger charge is -2.26. The second-order valence-electron chi connectivity index (χ2n) is 11.0. The first-order chi connectivity index (χ1) is 22.8. The van der Waals surface area contributed by atoms with Crippen LogP contribution in [-0.4, -0.2) is 52.4 Å². The molecule has 248 valence electrons. The summed E-state index contributed by atoms with van der Waals surface area (Å²) in [7, 11) is -1.30. The molecule has 0 spiro atoms. The molecular weight excluding hydrogens is 654 g/mol. The standard InChI is InChI=1S/C34H27F4N3O6S/c1-17(35)16-41(48(4,43)44)26-15-28-23(30(33(42)39-2)32(46-28)18-5-8-20(36)9-6-18)14-22(26)19-7-10-27(45-3)24(11-19)34-40-31-25(38)12-21(37)13-29(31)47-34/h5-15,17H,16H2,1-4H3,(H,39,42). The Labute approximate surface area is 271 Å². The Kier molecular flexibility index (Phi) is 8.37. The largest absolute Gasteiger partial charge is 0.496 e. The van der Waals surface area contributed by atoms with Crippen LogP contribution in [0.5, 0.6) is 5.75 Å². The van der Waals surface area contributed by atoms with Crippen molar-refractivity contribution in [3.05, 3.63) is 89.7 Å². The molecule has 14 heteroatoms. The molecule has 6 aromatic rings. The third-order valence-electron chi connectivity index (χ3n) is 7.61. The molecule has 48 heavy (non-hydrogen) atoms. The van der Waals surface area contributed by atoms with Crippen LogP contribution in [0, 0.1) is 17.5 Å². The normalized spacial score (nSPS) is 12.4. The maximum atomic E-state index is 14.5. The predicted molar refractivity (Wildman–Crippen MR) is 173 cm³/mol. The van der Waals surface area contributed by atoms with E-state index >= 15 is 0 Å². The number of rotatable bonds is 9. The smallest absolute Gasteiger partial charge is 0.255 e. The van der Waals surface area contributed by atoms with Gasteiger partial charge in [-0.2, -0.15) is 0 Å². The van der Waals surface area contributed by atoms with Gasteiger partial charge < -0.3 is 18.9 Å². The number of sulfonamides is 1. The van der Waals surface area contributed by atoms with Crippen molar-refractivity contribution in [3.63, 3.8) is 0 Å². The van der Waals surface area contributed by atoms with E-state index in [9.17, 15) is 30.8 Å². The summed E-state index contributed by atoms with van der Waals surface area (Å²) in [4.78, 5) is 17.5. The number of fused-ring (bicyclic) bond motifs is 2. The van der Waals surface area contributed by atoms with Crippen LogP contribution in [0.15, 0.2) is 75.6 Å². The van der Waals surface area contributed by atoms with Gasteiger partial charge in [0, 0.05) is 41.8 Å². The Morgan fingerprint density at radius 1 is 0.938 bits per heavy atom. The molecule has 0 bridgehead atoms. The fourth-order valence-corrected chi connectivity index (χ4v) is 6.47. The Morgan fingerprint density at radius 3 is 2.29 bits per heavy atom. The van der Waals surface area contributed by atoms with E-state index in [4.69, 9.17) is 13.6 Å². The molecule has 0 aliphatic heterocycles. The van der Waals surface area contributed by atoms with Crippen LogP contribution < -0.4 is 14.4 Å². The van der Waals surface area contributed by atoms with Crippen molar-refractivity contribution < 1.29 is 44.3 Å². The second-order valence-corrected chi connectivity index (χ2v) is 12.9. The molecule has 9 nitrogen and oxygen atoms in total. The monoisotopic (exact) mass is 681 g/mol. The molecule has 1 amide bonds. The van der Waals surface area contributed by atoms with E-state index in [2.05, 4.69) is 10.3 Å². The Morgan fingerprint density at radius 2 is 1.65 bits per heavy atom. The molecule has 1 unspecified atom stereocenters. The quantitative estimate of drug-likeness (QED) is 0.157. The van der Waals surface area contributed by atoms with Gasteiger partial charge in [0.2, 0.25) is 15.9 Å². The third-order valence-corrected chi connectivity index (χ3v) is 8.75. The van der Waals surface area contributed by atoms with Crippen LogP contribution in [0.1, 0.15) is 17.3 Å². The molecule has 0 aliphatic carbocycles. The van der Waals surface area contributed by atoms with Gasteiger partial charge in [0.05, 0.1) is 36.7 Å². The number of aromatic nitrogens is 1. The Bertz CT molecular complexity index is 2320. The molecule has 2 aromatic heterocycles. The number of amides is 1. The molecule has 0 radical (unpaired) electrons.